The van der Waals surface area contributed by atoms with E-state index in [-0.39, 0.29) is 25.2 Å². The highest BCUT2D eigenvalue weighted by Gasteiger charge is 2.28. The molecule has 1 saturated heterocycles. The Bertz CT molecular complexity index is 822. The molecule has 0 N–H and O–H groups in total. The molecule has 1 unspecified atom stereocenters. The molecule has 1 fully saturated rings. The van der Waals surface area contributed by atoms with E-state index in [4.69, 9.17) is 9.47 Å². The van der Waals surface area contributed by atoms with E-state index >= 15 is 0 Å². The molecular weight excluding hydrogens is 404 g/mol. The zero-order valence-electron chi connectivity index (χ0n) is 17.6. The molecule has 1 aromatic heterocycles. The number of hydrogen-bond acceptors (Lipinski definition) is 7. The molecular formula is C21H31ClN6O2. The average Bonchev–Trinajstić information content (AvgIpc) is 3.39. The third kappa shape index (κ3) is 5.11. The van der Waals surface area contributed by atoms with Gasteiger partial charge in [-0.2, -0.15) is 0 Å². The SMILES string of the molecule is C=CCN1CCN(C(CCCC)c2nnnn2Cc2ccc3c(c2)OCO3)CC1.Cl. The second-order valence-electron chi connectivity index (χ2n) is 7.67. The first-order valence-corrected chi connectivity index (χ1v) is 10.5. The van der Waals surface area contributed by atoms with Crippen molar-refractivity contribution in [3.05, 3.63) is 42.2 Å². The number of fused-ring (bicyclic) bond motifs is 1. The fraction of sp³-hybridized carbons (Fsp3) is 0.571. The highest BCUT2D eigenvalue weighted by atomic mass is 35.5. The van der Waals surface area contributed by atoms with Crippen LogP contribution in [0.4, 0.5) is 0 Å². The molecule has 8 nitrogen and oxygen atoms in total. The van der Waals surface area contributed by atoms with Crippen molar-refractivity contribution < 1.29 is 9.47 Å². The second kappa shape index (κ2) is 10.7. The van der Waals surface area contributed by atoms with Crippen molar-refractivity contribution in [2.75, 3.05) is 39.5 Å². The Morgan fingerprint density at radius 3 is 2.73 bits per heavy atom. The van der Waals surface area contributed by atoms with Crippen LogP contribution in [0.25, 0.3) is 0 Å². The van der Waals surface area contributed by atoms with E-state index in [1.54, 1.807) is 0 Å². The summed E-state index contributed by atoms with van der Waals surface area (Å²) in [6, 6.07) is 6.26. The van der Waals surface area contributed by atoms with E-state index in [9.17, 15) is 0 Å². The van der Waals surface area contributed by atoms with Crippen molar-refractivity contribution in [1.82, 2.24) is 30.0 Å². The first-order valence-electron chi connectivity index (χ1n) is 10.5. The smallest absolute Gasteiger partial charge is 0.231 e. The summed E-state index contributed by atoms with van der Waals surface area (Å²) >= 11 is 0. The molecule has 0 bridgehead atoms. The molecule has 0 spiro atoms. The van der Waals surface area contributed by atoms with Crippen LogP contribution in [0.3, 0.4) is 0 Å². The van der Waals surface area contributed by atoms with E-state index < -0.39 is 0 Å². The average molecular weight is 435 g/mol. The topological polar surface area (TPSA) is 68.5 Å². The van der Waals surface area contributed by atoms with Crippen molar-refractivity contribution in [2.24, 2.45) is 0 Å². The third-order valence-corrected chi connectivity index (χ3v) is 5.69. The van der Waals surface area contributed by atoms with Crippen LogP contribution in [-0.4, -0.2) is 69.5 Å². The summed E-state index contributed by atoms with van der Waals surface area (Å²) < 4.78 is 12.9. The quantitative estimate of drug-likeness (QED) is 0.562. The van der Waals surface area contributed by atoms with Gasteiger partial charge in [0.1, 0.15) is 0 Å². The van der Waals surface area contributed by atoms with E-state index in [2.05, 4.69) is 38.8 Å². The van der Waals surface area contributed by atoms with Crippen molar-refractivity contribution >= 4 is 12.4 Å². The lowest BCUT2D eigenvalue weighted by Gasteiger charge is -2.38. The van der Waals surface area contributed by atoms with Crippen LogP contribution in [0.1, 0.15) is 43.6 Å². The molecule has 164 valence electrons. The van der Waals surface area contributed by atoms with Crippen LogP contribution in [0.2, 0.25) is 0 Å². The highest BCUT2D eigenvalue weighted by molar-refractivity contribution is 5.85. The van der Waals surface area contributed by atoms with Gasteiger partial charge in [0.15, 0.2) is 17.3 Å². The Morgan fingerprint density at radius 2 is 1.97 bits per heavy atom. The van der Waals surface area contributed by atoms with Gasteiger partial charge in [-0.05, 0) is 34.5 Å². The largest absolute Gasteiger partial charge is 0.454 e. The molecule has 0 saturated carbocycles. The number of piperazine rings is 1. The van der Waals surface area contributed by atoms with Crippen LogP contribution in [0, 0.1) is 0 Å². The summed E-state index contributed by atoms with van der Waals surface area (Å²) in [6.45, 7) is 12.1. The predicted octanol–water partition coefficient (Wildman–Crippen LogP) is 2.91. The number of aromatic nitrogens is 4. The Morgan fingerprint density at radius 1 is 1.17 bits per heavy atom. The van der Waals surface area contributed by atoms with Gasteiger partial charge >= 0.3 is 0 Å². The van der Waals surface area contributed by atoms with Gasteiger partial charge < -0.3 is 9.47 Å². The Kier molecular flexibility index (Phi) is 8.07. The maximum atomic E-state index is 5.51. The maximum absolute atomic E-state index is 5.51. The van der Waals surface area contributed by atoms with Gasteiger partial charge in [-0.3, -0.25) is 9.80 Å². The van der Waals surface area contributed by atoms with Crippen molar-refractivity contribution in [2.45, 2.75) is 38.8 Å². The van der Waals surface area contributed by atoms with Crippen molar-refractivity contribution in [3.63, 3.8) is 0 Å². The Labute approximate surface area is 184 Å². The molecule has 9 heteroatoms. The van der Waals surface area contributed by atoms with Gasteiger partial charge in [0.2, 0.25) is 6.79 Å². The molecule has 4 rings (SSSR count). The van der Waals surface area contributed by atoms with Gasteiger partial charge in [0, 0.05) is 32.7 Å². The van der Waals surface area contributed by atoms with E-state index in [1.807, 2.05) is 29.0 Å². The molecule has 2 aromatic rings. The minimum Gasteiger partial charge on any atom is -0.454 e. The lowest BCUT2D eigenvalue weighted by atomic mass is 10.1. The maximum Gasteiger partial charge on any atom is 0.231 e. The monoisotopic (exact) mass is 434 g/mol. The number of halogens is 1. The molecule has 1 aromatic carbocycles. The fourth-order valence-electron chi connectivity index (χ4n) is 4.09. The first kappa shape index (κ1) is 22.5. The molecule has 3 heterocycles. The van der Waals surface area contributed by atoms with Crippen molar-refractivity contribution in [1.29, 1.82) is 0 Å². The standard InChI is InChI=1S/C21H30N6O2.ClH/c1-3-5-6-18(26-12-10-25(9-4-2)11-13-26)21-22-23-24-27(21)15-17-7-8-19-20(14-17)29-16-28-19;/h4,7-8,14,18H,2-3,5-6,9-13,15-16H2,1H3;1H. The Hall–Kier alpha value is -2.16. The van der Waals surface area contributed by atoms with Crippen LogP contribution >= 0.6 is 12.4 Å². The van der Waals surface area contributed by atoms with Crippen LogP contribution in [0.5, 0.6) is 11.5 Å². The number of unbranched alkanes of at least 4 members (excludes halogenated alkanes) is 1. The van der Waals surface area contributed by atoms with Gasteiger partial charge in [-0.25, -0.2) is 4.68 Å². The van der Waals surface area contributed by atoms with E-state index in [0.717, 1.165) is 74.9 Å². The zero-order chi connectivity index (χ0) is 20.1. The van der Waals surface area contributed by atoms with Gasteiger partial charge in [0.05, 0.1) is 12.6 Å². The summed E-state index contributed by atoms with van der Waals surface area (Å²) in [5.74, 6) is 2.54. The Balaban J connectivity index is 0.00000256. The van der Waals surface area contributed by atoms with Gasteiger partial charge in [-0.15, -0.1) is 24.1 Å². The summed E-state index contributed by atoms with van der Waals surface area (Å²) in [4.78, 5) is 4.98. The summed E-state index contributed by atoms with van der Waals surface area (Å²) in [5, 5.41) is 12.8. The number of hydrogen-bond donors (Lipinski definition) is 0. The molecule has 0 amide bonds. The van der Waals surface area contributed by atoms with E-state index in [0.29, 0.717) is 6.54 Å². The first-order chi connectivity index (χ1) is 14.3. The summed E-state index contributed by atoms with van der Waals surface area (Å²) in [6.07, 6.45) is 5.38. The molecule has 0 aliphatic carbocycles. The molecule has 30 heavy (non-hydrogen) atoms. The number of rotatable bonds is 9. The van der Waals surface area contributed by atoms with Crippen LogP contribution < -0.4 is 9.47 Å². The summed E-state index contributed by atoms with van der Waals surface area (Å²) in [7, 11) is 0. The zero-order valence-corrected chi connectivity index (χ0v) is 18.4. The lowest BCUT2D eigenvalue weighted by Crippen LogP contribution is -2.48. The fourth-order valence-corrected chi connectivity index (χ4v) is 4.09. The number of benzene rings is 1. The third-order valence-electron chi connectivity index (χ3n) is 5.69. The van der Waals surface area contributed by atoms with Gasteiger partial charge in [0.25, 0.3) is 0 Å². The van der Waals surface area contributed by atoms with Gasteiger partial charge in [-0.1, -0.05) is 31.9 Å². The minimum absolute atomic E-state index is 0. The second-order valence-corrected chi connectivity index (χ2v) is 7.67. The minimum atomic E-state index is 0. The molecule has 2 aliphatic rings. The highest BCUT2D eigenvalue weighted by Crippen LogP contribution is 2.33. The number of ether oxygens (including phenoxy) is 2. The molecule has 0 radical (unpaired) electrons. The van der Waals surface area contributed by atoms with Crippen LogP contribution in [0.15, 0.2) is 30.9 Å². The summed E-state index contributed by atoms with van der Waals surface area (Å²) in [5.41, 5.74) is 1.10. The normalized spacial score (nSPS) is 17.5. The molecule has 2 aliphatic heterocycles. The lowest BCUT2D eigenvalue weighted by molar-refractivity contribution is 0.0915. The predicted molar refractivity (Wildman–Crippen MR) is 117 cm³/mol. The van der Waals surface area contributed by atoms with Crippen molar-refractivity contribution in [3.8, 4) is 11.5 Å². The molecule has 1 atom stereocenters. The van der Waals surface area contributed by atoms with E-state index in [1.165, 1.54) is 0 Å². The number of tetrazole rings is 1. The number of nitrogens with zero attached hydrogens (tertiary/aromatic N) is 6. The van der Waals surface area contributed by atoms with Crippen LogP contribution in [-0.2, 0) is 6.54 Å².